The third kappa shape index (κ3) is 4.67. The topological polar surface area (TPSA) is 50.6 Å². The van der Waals surface area contributed by atoms with Crippen molar-refractivity contribution in [2.24, 2.45) is 0 Å². The predicted octanol–water partition coefficient (Wildman–Crippen LogP) is 5.29. The van der Waals surface area contributed by atoms with Gasteiger partial charge >= 0.3 is 0 Å². The van der Waals surface area contributed by atoms with Crippen LogP contribution in [-0.2, 0) is 11.3 Å². The van der Waals surface area contributed by atoms with E-state index in [0.717, 1.165) is 46.5 Å². The number of para-hydroxylation sites is 2. The van der Waals surface area contributed by atoms with E-state index in [1.54, 1.807) is 18.4 Å². The maximum atomic E-state index is 13.1. The minimum Gasteiger partial charge on any atom is -0.495 e. The fourth-order valence-electron chi connectivity index (χ4n) is 4.22. The lowest BCUT2D eigenvalue weighted by Gasteiger charge is -2.36. The van der Waals surface area contributed by atoms with Crippen LogP contribution < -0.4 is 9.64 Å². The zero-order valence-electron chi connectivity index (χ0n) is 18.9. The zero-order valence-corrected chi connectivity index (χ0v) is 20.4. The fourth-order valence-corrected chi connectivity index (χ4v) is 5.22. The Bertz CT molecular complexity index is 1280. The average Bonchev–Trinajstić information content (AvgIpc) is 3.54. The number of piperazine rings is 1. The highest BCUT2D eigenvalue weighted by Gasteiger charge is 2.23. The average molecular weight is 493 g/mol. The first-order chi connectivity index (χ1) is 16.6. The quantitative estimate of drug-likeness (QED) is 0.367. The number of methoxy groups -OCH3 is 1. The molecule has 1 fully saturated rings. The summed E-state index contributed by atoms with van der Waals surface area (Å²) in [4.78, 5) is 22.1. The fraction of sp³-hybridized carbons (Fsp3) is 0.231. The maximum Gasteiger partial charge on any atom is 0.242 e. The van der Waals surface area contributed by atoms with Gasteiger partial charge in [-0.25, -0.2) is 4.98 Å². The number of halogens is 1. The smallest absolute Gasteiger partial charge is 0.242 e. The Morgan fingerprint density at radius 3 is 2.56 bits per heavy atom. The number of amides is 1. The van der Waals surface area contributed by atoms with E-state index in [0.29, 0.717) is 24.7 Å². The van der Waals surface area contributed by atoms with Crippen molar-refractivity contribution in [2.75, 3.05) is 38.2 Å². The van der Waals surface area contributed by atoms with Gasteiger partial charge in [0.05, 0.1) is 24.2 Å². The van der Waals surface area contributed by atoms with Gasteiger partial charge < -0.3 is 19.1 Å². The van der Waals surface area contributed by atoms with Crippen molar-refractivity contribution in [3.05, 3.63) is 77.3 Å². The first-order valence-corrected chi connectivity index (χ1v) is 12.4. The molecule has 1 aliphatic rings. The largest absolute Gasteiger partial charge is 0.495 e. The molecule has 34 heavy (non-hydrogen) atoms. The summed E-state index contributed by atoms with van der Waals surface area (Å²) < 4.78 is 7.48. The lowest BCUT2D eigenvalue weighted by atomic mass is 10.2. The molecule has 0 bridgehead atoms. The predicted molar refractivity (Wildman–Crippen MR) is 138 cm³/mol. The molecule has 2 aromatic heterocycles. The third-order valence-electron chi connectivity index (χ3n) is 6.06. The molecule has 0 radical (unpaired) electrons. The number of hydrogen-bond donors (Lipinski definition) is 0. The summed E-state index contributed by atoms with van der Waals surface area (Å²) in [6.07, 6.45) is 1.95. The summed E-state index contributed by atoms with van der Waals surface area (Å²) >= 11 is 7.58. The Kier molecular flexibility index (Phi) is 6.56. The van der Waals surface area contributed by atoms with Crippen LogP contribution in [-0.4, -0.2) is 53.6 Å². The van der Waals surface area contributed by atoms with Gasteiger partial charge in [0.25, 0.3) is 0 Å². The van der Waals surface area contributed by atoms with Gasteiger partial charge in [-0.1, -0.05) is 35.9 Å². The van der Waals surface area contributed by atoms with Gasteiger partial charge in [0.2, 0.25) is 5.91 Å². The number of rotatable bonds is 6. The van der Waals surface area contributed by atoms with Crippen LogP contribution in [0.4, 0.5) is 5.69 Å². The van der Waals surface area contributed by atoms with Crippen molar-refractivity contribution in [1.82, 2.24) is 14.5 Å². The number of benzene rings is 2. The second-order valence-corrected chi connectivity index (χ2v) is 9.40. The van der Waals surface area contributed by atoms with Gasteiger partial charge in [0.1, 0.15) is 17.3 Å². The number of carbonyl (C=O) groups is 1. The van der Waals surface area contributed by atoms with Crippen molar-refractivity contribution >= 4 is 34.5 Å². The Morgan fingerprint density at radius 1 is 1.03 bits per heavy atom. The highest BCUT2D eigenvalue weighted by molar-refractivity contribution is 7.13. The van der Waals surface area contributed by atoms with Gasteiger partial charge in [-0.15, -0.1) is 11.3 Å². The molecule has 0 atom stereocenters. The van der Waals surface area contributed by atoms with Crippen LogP contribution in [0.15, 0.2) is 72.2 Å². The second-order valence-electron chi connectivity index (χ2n) is 8.11. The van der Waals surface area contributed by atoms with E-state index < -0.39 is 0 Å². The number of hydrogen-bond acceptors (Lipinski definition) is 5. The molecule has 6 nitrogen and oxygen atoms in total. The molecule has 0 saturated carbocycles. The molecule has 8 heteroatoms. The second kappa shape index (κ2) is 9.91. The monoisotopic (exact) mass is 492 g/mol. The molecule has 174 valence electrons. The Labute approximate surface area is 208 Å². The summed E-state index contributed by atoms with van der Waals surface area (Å²) in [6.45, 7) is 3.23. The molecule has 1 saturated heterocycles. The van der Waals surface area contributed by atoms with Crippen LogP contribution in [0.2, 0.25) is 5.02 Å². The van der Waals surface area contributed by atoms with E-state index in [1.807, 2.05) is 75.6 Å². The minimum atomic E-state index is 0.117. The van der Waals surface area contributed by atoms with E-state index in [9.17, 15) is 4.79 Å². The summed E-state index contributed by atoms with van der Waals surface area (Å²) in [5, 5.41) is 3.63. The summed E-state index contributed by atoms with van der Waals surface area (Å²) in [5.41, 5.74) is 3.95. The van der Waals surface area contributed by atoms with E-state index >= 15 is 0 Å². The molecule has 0 unspecified atom stereocenters. The number of thiazole rings is 1. The van der Waals surface area contributed by atoms with E-state index in [2.05, 4.69) is 11.0 Å². The third-order valence-corrected chi connectivity index (χ3v) is 7.17. The minimum absolute atomic E-state index is 0.117. The molecular weight excluding hydrogens is 468 g/mol. The van der Waals surface area contributed by atoms with Crippen molar-refractivity contribution in [3.63, 3.8) is 0 Å². The first kappa shape index (κ1) is 22.5. The summed E-state index contributed by atoms with van der Waals surface area (Å²) in [5.74, 6) is 0.979. The molecule has 3 heterocycles. The van der Waals surface area contributed by atoms with Gasteiger partial charge in [0, 0.05) is 48.3 Å². The Balaban J connectivity index is 1.24. The van der Waals surface area contributed by atoms with Crippen molar-refractivity contribution in [1.29, 1.82) is 0 Å². The number of aromatic nitrogens is 2. The number of ether oxygens (including phenoxy) is 1. The normalized spacial score (nSPS) is 13.8. The lowest BCUT2D eigenvalue weighted by molar-refractivity contribution is -0.132. The highest BCUT2D eigenvalue weighted by Crippen LogP contribution is 2.31. The van der Waals surface area contributed by atoms with Crippen LogP contribution in [0.5, 0.6) is 5.75 Å². The van der Waals surface area contributed by atoms with Crippen LogP contribution in [0.3, 0.4) is 0 Å². The molecule has 4 aromatic rings. The van der Waals surface area contributed by atoms with E-state index in [1.165, 1.54) is 0 Å². The van der Waals surface area contributed by atoms with Crippen LogP contribution in [0.1, 0.15) is 0 Å². The van der Waals surface area contributed by atoms with Crippen molar-refractivity contribution in [3.8, 4) is 27.7 Å². The molecule has 0 aliphatic carbocycles. The van der Waals surface area contributed by atoms with Crippen LogP contribution in [0, 0.1) is 0 Å². The molecule has 0 spiro atoms. The van der Waals surface area contributed by atoms with Crippen molar-refractivity contribution < 1.29 is 9.53 Å². The Morgan fingerprint density at radius 2 is 1.79 bits per heavy atom. The number of carbonyl (C=O) groups excluding carboxylic acids is 1. The molecule has 5 rings (SSSR count). The van der Waals surface area contributed by atoms with Gasteiger partial charge in [-0.2, -0.15) is 0 Å². The summed E-state index contributed by atoms with van der Waals surface area (Å²) in [6, 6.07) is 19.7. The SMILES string of the molecule is COc1ccccc1N1CCN(C(=O)Cn2cccc2-c2nc(-c3ccc(Cl)cc3)cs2)CC1. The van der Waals surface area contributed by atoms with Gasteiger partial charge in [0.15, 0.2) is 0 Å². The maximum absolute atomic E-state index is 13.1. The number of anilines is 1. The zero-order chi connectivity index (χ0) is 23.5. The molecule has 0 N–H and O–H groups in total. The van der Waals surface area contributed by atoms with E-state index in [4.69, 9.17) is 21.3 Å². The molecule has 1 amide bonds. The van der Waals surface area contributed by atoms with Gasteiger partial charge in [-0.05, 0) is 36.4 Å². The van der Waals surface area contributed by atoms with Gasteiger partial charge in [-0.3, -0.25) is 4.79 Å². The standard InChI is InChI=1S/C26H25ClN4O2S/c1-33-24-7-3-2-5-22(24)29-13-15-30(16-14-29)25(32)17-31-12-4-6-23(31)26-28-21(18-34-26)19-8-10-20(27)11-9-19/h2-12,18H,13-17H2,1H3. The lowest BCUT2D eigenvalue weighted by Crippen LogP contribution is -2.49. The first-order valence-electron chi connectivity index (χ1n) is 11.1. The van der Waals surface area contributed by atoms with Crippen molar-refractivity contribution in [2.45, 2.75) is 6.54 Å². The number of nitrogens with zero attached hydrogens (tertiary/aromatic N) is 4. The van der Waals surface area contributed by atoms with Crippen LogP contribution >= 0.6 is 22.9 Å². The summed E-state index contributed by atoms with van der Waals surface area (Å²) in [7, 11) is 1.69. The highest BCUT2D eigenvalue weighted by atomic mass is 35.5. The molecular formula is C26H25ClN4O2S. The van der Waals surface area contributed by atoms with Crippen LogP contribution in [0.25, 0.3) is 22.0 Å². The van der Waals surface area contributed by atoms with E-state index in [-0.39, 0.29) is 5.91 Å². The Hall–Kier alpha value is -3.29. The molecule has 1 aliphatic heterocycles. The molecule has 2 aromatic carbocycles.